The molecule has 0 fully saturated rings. The smallest absolute Gasteiger partial charge is 0.267 e. The molecule has 1 aliphatic rings. The van der Waals surface area contributed by atoms with Crippen LogP contribution in [0.5, 0.6) is 11.5 Å². The minimum Gasteiger partial charge on any atom is -0.507 e. The largest absolute Gasteiger partial charge is 0.507 e. The van der Waals surface area contributed by atoms with Crippen LogP contribution in [-0.2, 0) is 17.6 Å². The Morgan fingerprint density at radius 2 is 1.93 bits per heavy atom. The number of aromatic hydroxyl groups is 1. The number of amides is 1. The van der Waals surface area contributed by atoms with Crippen LogP contribution in [0.25, 0.3) is 15.9 Å². The number of thioether (sulfide) groups is 1. The quantitative estimate of drug-likeness (QED) is 0.100. The Bertz CT molecular complexity index is 1660. The molecule has 0 saturated carbocycles. The number of carbonyl (C=O) groups is 1. The van der Waals surface area contributed by atoms with Gasteiger partial charge in [0.15, 0.2) is 5.16 Å². The highest BCUT2D eigenvalue weighted by atomic mass is 32.2. The first-order valence-corrected chi connectivity index (χ1v) is 16.1. The van der Waals surface area contributed by atoms with E-state index in [4.69, 9.17) is 9.72 Å². The van der Waals surface area contributed by atoms with Crippen molar-refractivity contribution < 1.29 is 14.6 Å². The van der Waals surface area contributed by atoms with Gasteiger partial charge in [-0.2, -0.15) is 5.10 Å². The molecular formula is C31H35N5O4S2. The van der Waals surface area contributed by atoms with E-state index in [0.29, 0.717) is 28.4 Å². The molecule has 2 aromatic carbocycles. The van der Waals surface area contributed by atoms with Crippen molar-refractivity contribution in [2.45, 2.75) is 51.6 Å². The summed E-state index contributed by atoms with van der Waals surface area (Å²) in [6.45, 7) is 8.25. The maximum Gasteiger partial charge on any atom is 0.267 e. The Kier molecular flexibility index (Phi) is 9.48. The first-order valence-electron chi connectivity index (χ1n) is 14.3. The number of fused-ring (bicyclic) bond motifs is 3. The van der Waals surface area contributed by atoms with Gasteiger partial charge in [-0.3, -0.25) is 14.2 Å². The topological polar surface area (TPSA) is 109 Å². The normalized spacial score (nSPS) is 12.9. The average Bonchev–Trinajstić information content (AvgIpc) is 3.37. The molecule has 2 aromatic heterocycles. The van der Waals surface area contributed by atoms with Gasteiger partial charge in [0.1, 0.15) is 16.3 Å². The molecule has 42 heavy (non-hydrogen) atoms. The SMILES string of the molecule is CCOc1ccc(-n2c(SCC(=O)NN=Cc3ccc(N(CC)CC)cc3O)nc3sc4c(c3c2=O)CCCC4)cc1. The molecule has 0 radical (unpaired) electrons. The molecule has 1 amide bonds. The van der Waals surface area contributed by atoms with E-state index in [1.54, 1.807) is 28.0 Å². The van der Waals surface area contributed by atoms with Crippen LogP contribution in [0.3, 0.4) is 0 Å². The zero-order valence-electron chi connectivity index (χ0n) is 24.1. The first kappa shape index (κ1) is 29.7. The zero-order valence-corrected chi connectivity index (χ0v) is 25.7. The molecule has 9 nitrogen and oxygen atoms in total. The number of aryl methyl sites for hydroxylation is 2. The Morgan fingerprint density at radius 1 is 1.17 bits per heavy atom. The zero-order chi connectivity index (χ0) is 29.6. The number of benzene rings is 2. The standard InChI is InChI=1S/C31H35N5O4S2/c1-4-35(5-2)22-12-11-20(25(37)17-22)18-32-34-27(38)19-41-31-33-29-28(24-9-7-8-10-26(24)42-29)30(39)36(31)21-13-15-23(16-14-21)40-6-3/h11-18,37H,4-10,19H2,1-3H3,(H,34,38). The van der Waals surface area contributed by atoms with Crippen LogP contribution < -0.4 is 20.6 Å². The molecule has 0 aliphatic heterocycles. The van der Waals surface area contributed by atoms with Crippen LogP contribution in [0.1, 0.15) is 49.6 Å². The number of aromatic nitrogens is 2. The molecule has 1 aliphatic carbocycles. The second kappa shape index (κ2) is 13.4. The van der Waals surface area contributed by atoms with Gasteiger partial charge in [-0.05, 0) is 88.4 Å². The van der Waals surface area contributed by atoms with E-state index >= 15 is 0 Å². The summed E-state index contributed by atoms with van der Waals surface area (Å²) in [4.78, 5) is 35.6. The minimum absolute atomic E-state index is 0.00425. The van der Waals surface area contributed by atoms with Crippen LogP contribution in [0.2, 0.25) is 0 Å². The maximum atomic E-state index is 13.9. The summed E-state index contributed by atoms with van der Waals surface area (Å²) in [7, 11) is 0. The third-order valence-corrected chi connectivity index (χ3v) is 9.36. The molecule has 0 unspecified atom stereocenters. The molecule has 0 spiro atoms. The van der Waals surface area contributed by atoms with E-state index in [1.807, 2.05) is 37.3 Å². The predicted octanol–water partition coefficient (Wildman–Crippen LogP) is 5.52. The number of nitrogens with one attached hydrogen (secondary N) is 1. The van der Waals surface area contributed by atoms with Gasteiger partial charge in [0.25, 0.3) is 11.5 Å². The molecule has 2 N–H and O–H groups in total. The molecule has 220 valence electrons. The van der Waals surface area contributed by atoms with Crippen LogP contribution >= 0.6 is 23.1 Å². The monoisotopic (exact) mass is 605 g/mol. The summed E-state index contributed by atoms with van der Waals surface area (Å²) in [5.41, 5.74) is 5.61. The number of nitrogens with zero attached hydrogens (tertiary/aromatic N) is 4. The van der Waals surface area contributed by atoms with Crippen molar-refractivity contribution in [3.8, 4) is 17.2 Å². The lowest BCUT2D eigenvalue weighted by Crippen LogP contribution is -2.24. The molecule has 0 atom stereocenters. The van der Waals surface area contributed by atoms with Gasteiger partial charge >= 0.3 is 0 Å². The van der Waals surface area contributed by atoms with Crippen molar-refractivity contribution in [1.29, 1.82) is 0 Å². The highest BCUT2D eigenvalue weighted by Crippen LogP contribution is 2.35. The van der Waals surface area contributed by atoms with Gasteiger partial charge in [0.2, 0.25) is 0 Å². The van der Waals surface area contributed by atoms with Gasteiger partial charge in [-0.15, -0.1) is 11.3 Å². The molecule has 4 aromatic rings. The summed E-state index contributed by atoms with van der Waals surface area (Å²) in [6, 6.07) is 12.7. The summed E-state index contributed by atoms with van der Waals surface area (Å²) >= 11 is 2.77. The molecule has 2 heterocycles. The lowest BCUT2D eigenvalue weighted by atomic mass is 9.97. The van der Waals surface area contributed by atoms with Gasteiger partial charge in [0.05, 0.1) is 29.6 Å². The Morgan fingerprint density at radius 3 is 2.64 bits per heavy atom. The predicted molar refractivity (Wildman–Crippen MR) is 171 cm³/mol. The van der Waals surface area contributed by atoms with E-state index in [0.717, 1.165) is 60.6 Å². The van der Waals surface area contributed by atoms with E-state index in [-0.39, 0.29) is 23.0 Å². The van der Waals surface area contributed by atoms with Crippen molar-refractivity contribution in [2.75, 3.05) is 30.3 Å². The van der Waals surface area contributed by atoms with E-state index < -0.39 is 0 Å². The van der Waals surface area contributed by atoms with Gasteiger partial charge in [0, 0.05) is 35.3 Å². The minimum atomic E-state index is -0.353. The molecule has 0 saturated heterocycles. The first-order chi connectivity index (χ1) is 20.4. The lowest BCUT2D eigenvalue weighted by molar-refractivity contribution is -0.118. The number of ether oxygens (including phenoxy) is 1. The number of anilines is 1. The van der Waals surface area contributed by atoms with Crippen molar-refractivity contribution in [3.63, 3.8) is 0 Å². The van der Waals surface area contributed by atoms with Crippen LogP contribution in [-0.4, -0.2) is 52.2 Å². The third-order valence-electron chi connectivity index (χ3n) is 7.23. The van der Waals surface area contributed by atoms with Crippen LogP contribution in [0, 0.1) is 0 Å². The van der Waals surface area contributed by atoms with Crippen molar-refractivity contribution in [1.82, 2.24) is 15.0 Å². The van der Waals surface area contributed by atoms with Crippen molar-refractivity contribution in [2.24, 2.45) is 5.10 Å². The molecular weight excluding hydrogens is 571 g/mol. The number of thiophene rings is 1. The van der Waals surface area contributed by atoms with Crippen molar-refractivity contribution >= 4 is 51.1 Å². The summed E-state index contributed by atoms with van der Waals surface area (Å²) in [5, 5.41) is 15.6. The average molecular weight is 606 g/mol. The van der Waals surface area contributed by atoms with Gasteiger partial charge in [-0.25, -0.2) is 10.4 Å². The van der Waals surface area contributed by atoms with Gasteiger partial charge < -0.3 is 14.7 Å². The second-order valence-corrected chi connectivity index (χ2v) is 11.9. The highest BCUT2D eigenvalue weighted by molar-refractivity contribution is 7.99. The number of carbonyl (C=O) groups excluding carboxylic acids is 1. The fraction of sp³-hybridized carbons (Fsp3) is 0.355. The fourth-order valence-electron chi connectivity index (χ4n) is 5.13. The Labute approximate surface area is 253 Å². The maximum absolute atomic E-state index is 13.9. The fourth-order valence-corrected chi connectivity index (χ4v) is 7.24. The van der Waals surface area contributed by atoms with Crippen LogP contribution in [0.15, 0.2) is 57.5 Å². The van der Waals surface area contributed by atoms with E-state index in [2.05, 4.69) is 29.3 Å². The van der Waals surface area contributed by atoms with Crippen molar-refractivity contribution in [3.05, 3.63) is 68.8 Å². The number of phenolic OH excluding ortho intramolecular Hbond substituents is 1. The number of phenols is 1. The number of hydrazone groups is 1. The van der Waals surface area contributed by atoms with Crippen LogP contribution in [0.4, 0.5) is 5.69 Å². The van der Waals surface area contributed by atoms with E-state index in [1.165, 1.54) is 22.9 Å². The Hall–Kier alpha value is -3.83. The summed E-state index contributed by atoms with van der Waals surface area (Å²) in [5.74, 6) is 0.455. The molecule has 0 bridgehead atoms. The van der Waals surface area contributed by atoms with E-state index in [9.17, 15) is 14.7 Å². The summed E-state index contributed by atoms with van der Waals surface area (Å²) < 4.78 is 7.17. The van der Waals surface area contributed by atoms with Gasteiger partial charge in [-0.1, -0.05) is 11.8 Å². The number of rotatable bonds is 11. The molecule has 5 rings (SSSR count). The lowest BCUT2D eigenvalue weighted by Gasteiger charge is -2.21. The second-order valence-electron chi connectivity index (χ2n) is 9.85. The third kappa shape index (κ3) is 6.32. The number of hydrogen-bond donors (Lipinski definition) is 2. The summed E-state index contributed by atoms with van der Waals surface area (Å²) in [6.07, 6.45) is 5.45. The Balaban J connectivity index is 1.36. The highest BCUT2D eigenvalue weighted by Gasteiger charge is 2.23. The molecule has 11 heteroatoms. The number of hydrogen-bond acceptors (Lipinski definition) is 9.